The minimum absolute atomic E-state index is 0.133. The number of ether oxygens (including phenoxy) is 1. The molecule has 27 heavy (non-hydrogen) atoms. The molecule has 1 saturated carbocycles. The van der Waals surface area contributed by atoms with Crippen LogP contribution in [0.5, 0.6) is 0 Å². The van der Waals surface area contributed by atoms with E-state index in [1.807, 2.05) is 10.6 Å². The molecule has 2 heterocycles. The molecule has 6 nitrogen and oxygen atoms in total. The third kappa shape index (κ3) is 3.11. The van der Waals surface area contributed by atoms with E-state index in [-0.39, 0.29) is 10.5 Å². The number of fused-ring (bicyclic) bond motifs is 1. The van der Waals surface area contributed by atoms with Crippen molar-refractivity contribution in [2.75, 3.05) is 13.4 Å². The zero-order valence-electron chi connectivity index (χ0n) is 15.6. The van der Waals surface area contributed by atoms with Gasteiger partial charge >= 0.3 is 0 Å². The van der Waals surface area contributed by atoms with Crippen LogP contribution in [0.2, 0.25) is 0 Å². The predicted molar refractivity (Wildman–Crippen MR) is 104 cm³/mol. The lowest BCUT2D eigenvalue weighted by Gasteiger charge is -2.13. The van der Waals surface area contributed by atoms with E-state index in [1.165, 1.54) is 6.26 Å². The van der Waals surface area contributed by atoms with Gasteiger partial charge in [0.2, 0.25) is 0 Å². The molecule has 0 unspecified atom stereocenters. The molecular weight excluding hydrogens is 364 g/mol. The van der Waals surface area contributed by atoms with Crippen LogP contribution in [0.15, 0.2) is 46.2 Å². The fourth-order valence-electron chi connectivity index (χ4n) is 3.72. The normalized spacial score (nSPS) is 14.8. The van der Waals surface area contributed by atoms with E-state index in [2.05, 4.69) is 6.20 Å². The van der Waals surface area contributed by atoms with Crippen molar-refractivity contribution in [1.29, 1.82) is 0 Å². The molecule has 1 aromatic carbocycles. The standard InChI is InChI=1S/C20H22N2O4S/c1-13-10-15(6-8-18(13)27(3,24)25)22-19(23)9-7-17-20(22)16(14-4-5-14)11-21(17)12-26-2/h6-11,14H,4-5,12H2,1-3H3. The number of pyridine rings is 1. The van der Waals surface area contributed by atoms with E-state index in [4.69, 9.17) is 4.74 Å². The van der Waals surface area contributed by atoms with Crippen LogP contribution < -0.4 is 5.56 Å². The molecule has 3 aromatic rings. The fourth-order valence-corrected chi connectivity index (χ4v) is 4.68. The van der Waals surface area contributed by atoms with Gasteiger partial charge in [-0.15, -0.1) is 0 Å². The molecule has 1 aliphatic rings. The third-order valence-corrected chi connectivity index (χ3v) is 6.31. The Kier molecular flexibility index (Phi) is 4.24. The van der Waals surface area contributed by atoms with E-state index in [9.17, 15) is 13.2 Å². The van der Waals surface area contributed by atoms with Crippen molar-refractivity contribution in [3.8, 4) is 5.69 Å². The Hall–Kier alpha value is -2.38. The van der Waals surface area contributed by atoms with Gasteiger partial charge in [0, 0.05) is 31.3 Å². The Morgan fingerprint density at radius 1 is 1.19 bits per heavy atom. The Balaban J connectivity index is 2.00. The second-order valence-corrected chi connectivity index (χ2v) is 9.19. The smallest absolute Gasteiger partial charge is 0.255 e. The third-order valence-electron chi connectivity index (χ3n) is 5.05. The highest BCUT2D eigenvalue weighted by Crippen LogP contribution is 2.44. The van der Waals surface area contributed by atoms with Gasteiger partial charge in [-0.3, -0.25) is 9.36 Å². The summed E-state index contributed by atoms with van der Waals surface area (Å²) in [6, 6.07) is 8.42. The van der Waals surface area contributed by atoms with Gasteiger partial charge in [0.1, 0.15) is 6.73 Å². The average molecular weight is 386 g/mol. The molecule has 4 rings (SSSR count). The lowest BCUT2D eigenvalue weighted by Crippen LogP contribution is -2.18. The minimum atomic E-state index is -3.31. The second-order valence-electron chi connectivity index (χ2n) is 7.21. The summed E-state index contributed by atoms with van der Waals surface area (Å²) in [5.74, 6) is 0.454. The SMILES string of the molecule is COCn1cc(C2CC2)c2c1ccc(=O)n2-c1ccc(S(C)(=O)=O)c(C)c1. The molecule has 0 N–H and O–H groups in total. The zero-order chi connectivity index (χ0) is 19.3. The number of aromatic nitrogens is 2. The van der Waals surface area contributed by atoms with Crippen molar-refractivity contribution in [3.63, 3.8) is 0 Å². The van der Waals surface area contributed by atoms with E-state index >= 15 is 0 Å². The lowest BCUT2D eigenvalue weighted by molar-refractivity contribution is 0.134. The van der Waals surface area contributed by atoms with Crippen LogP contribution in [-0.4, -0.2) is 30.9 Å². The van der Waals surface area contributed by atoms with Gasteiger partial charge in [-0.2, -0.15) is 0 Å². The van der Waals surface area contributed by atoms with E-state index in [1.54, 1.807) is 42.9 Å². The first-order valence-electron chi connectivity index (χ1n) is 8.86. The molecule has 2 aromatic heterocycles. The predicted octanol–water partition coefficient (Wildman–Crippen LogP) is 2.99. The molecule has 142 valence electrons. The maximum absolute atomic E-state index is 12.8. The Morgan fingerprint density at radius 2 is 1.93 bits per heavy atom. The van der Waals surface area contributed by atoms with Gasteiger partial charge in [0.15, 0.2) is 9.84 Å². The number of benzene rings is 1. The van der Waals surface area contributed by atoms with Gasteiger partial charge in [0.25, 0.3) is 5.56 Å². The van der Waals surface area contributed by atoms with Crippen LogP contribution in [0.3, 0.4) is 0 Å². The van der Waals surface area contributed by atoms with Crippen molar-refractivity contribution < 1.29 is 13.2 Å². The summed E-state index contributed by atoms with van der Waals surface area (Å²) in [6.07, 6.45) is 5.49. The molecule has 7 heteroatoms. The molecule has 0 aliphatic heterocycles. The van der Waals surface area contributed by atoms with Crippen molar-refractivity contribution >= 4 is 20.9 Å². The van der Waals surface area contributed by atoms with Gasteiger partial charge in [0.05, 0.1) is 15.9 Å². The first-order valence-corrected chi connectivity index (χ1v) is 10.7. The van der Waals surface area contributed by atoms with Gasteiger partial charge in [-0.1, -0.05) is 0 Å². The summed E-state index contributed by atoms with van der Waals surface area (Å²) in [4.78, 5) is 13.1. The van der Waals surface area contributed by atoms with Crippen molar-refractivity contribution in [2.24, 2.45) is 0 Å². The summed E-state index contributed by atoms with van der Waals surface area (Å²) in [5, 5.41) is 0. The quantitative estimate of drug-likeness (QED) is 0.676. The molecule has 0 amide bonds. The van der Waals surface area contributed by atoms with Gasteiger partial charge in [-0.25, -0.2) is 8.42 Å². The van der Waals surface area contributed by atoms with E-state index in [0.717, 1.165) is 29.4 Å². The van der Waals surface area contributed by atoms with E-state index < -0.39 is 9.84 Å². The molecule has 0 saturated heterocycles. The topological polar surface area (TPSA) is 70.3 Å². The lowest BCUT2D eigenvalue weighted by atomic mass is 10.1. The Labute approximate surface area is 157 Å². The molecular formula is C20H22N2O4S. The van der Waals surface area contributed by atoms with E-state index in [0.29, 0.717) is 23.9 Å². The van der Waals surface area contributed by atoms with Crippen molar-refractivity contribution in [2.45, 2.75) is 37.3 Å². The molecule has 1 aliphatic carbocycles. The summed E-state index contributed by atoms with van der Waals surface area (Å²) in [7, 11) is -1.66. The molecule has 1 fully saturated rings. The van der Waals surface area contributed by atoms with Crippen LogP contribution >= 0.6 is 0 Å². The van der Waals surface area contributed by atoms with Crippen molar-refractivity contribution in [1.82, 2.24) is 9.13 Å². The van der Waals surface area contributed by atoms with Crippen LogP contribution in [0.1, 0.15) is 29.9 Å². The van der Waals surface area contributed by atoms with Crippen LogP contribution in [-0.2, 0) is 21.3 Å². The van der Waals surface area contributed by atoms with Crippen LogP contribution in [0.25, 0.3) is 16.7 Å². The summed E-state index contributed by atoms with van der Waals surface area (Å²) in [6.45, 7) is 2.16. The second kappa shape index (κ2) is 6.35. The molecule has 0 spiro atoms. The summed E-state index contributed by atoms with van der Waals surface area (Å²) < 4.78 is 32.8. The molecule has 0 bridgehead atoms. The van der Waals surface area contributed by atoms with Crippen molar-refractivity contribution in [3.05, 3.63) is 58.0 Å². The number of aryl methyl sites for hydroxylation is 1. The number of rotatable bonds is 5. The Morgan fingerprint density at radius 3 is 2.52 bits per heavy atom. The highest BCUT2D eigenvalue weighted by atomic mass is 32.2. The first kappa shape index (κ1) is 18.0. The highest BCUT2D eigenvalue weighted by Gasteiger charge is 2.29. The number of methoxy groups -OCH3 is 1. The number of nitrogens with zero attached hydrogens (tertiary/aromatic N) is 2. The zero-order valence-corrected chi connectivity index (χ0v) is 16.4. The van der Waals surface area contributed by atoms with Crippen LogP contribution in [0, 0.1) is 6.92 Å². The van der Waals surface area contributed by atoms with Gasteiger partial charge in [-0.05, 0) is 61.1 Å². The average Bonchev–Trinajstić information content (AvgIpc) is 3.37. The molecule has 0 radical (unpaired) electrons. The maximum atomic E-state index is 12.8. The monoisotopic (exact) mass is 386 g/mol. The minimum Gasteiger partial charge on any atom is -0.364 e. The summed E-state index contributed by atoms with van der Waals surface area (Å²) in [5.41, 5.74) is 4.13. The Bertz CT molecular complexity index is 1200. The number of sulfone groups is 1. The fraction of sp³-hybridized carbons (Fsp3) is 0.350. The van der Waals surface area contributed by atoms with Gasteiger partial charge < -0.3 is 9.30 Å². The highest BCUT2D eigenvalue weighted by molar-refractivity contribution is 7.90. The number of hydrogen-bond acceptors (Lipinski definition) is 4. The molecule has 0 atom stereocenters. The largest absolute Gasteiger partial charge is 0.364 e. The number of hydrogen-bond donors (Lipinski definition) is 0. The van der Waals surface area contributed by atoms with Crippen LogP contribution in [0.4, 0.5) is 0 Å². The summed E-state index contributed by atoms with van der Waals surface area (Å²) >= 11 is 0. The maximum Gasteiger partial charge on any atom is 0.255 e. The first-order chi connectivity index (χ1) is 12.8.